The number of hydrogen-bond acceptors (Lipinski definition) is 3. The molecule has 28 heavy (non-hydrogen) atoms. The Bertz CT molecular complexity index is 1010. The van der Waals surface area contributed by atoms with Crippen molar-refractivity contribution in [2.75, 3.05) is 0 Å². The van der Waals surface area contributed by atoms with Crippen molar-refractivity contribution in [2.24, 2.45) is 0 Å². The van der Waals surface area contributed by atoms with Crippen LogP contribution in [0.1, 0.15) is 37.4 Å². The Hall–Kier alpha value is -2.25. The van der Waals surface area contributed by atoms with Gasteiger partial charge in [0.2, 0.25) is 0 Å². The van der Waals surface area contributed by atoms with E-state index >= 15 is 0 Å². The summed E-state index contributed by atoms with van der Waals surface area (Å²) in [5, 5.41) is 4.03. The zero-order valence-electron chi connectivity index (χ0n) is 15.4. The minimum absolute atomic E-state index is 0.148. The molecule has 7 heteroatoms. The zero-order valence-corrected chi connectivity index (χ0v) is 17.8. The van der Waals surface area contributed by atoms with E-state index in [-0.39, 0.29) is 23.9 Å². The van der Waals surface area contributed by atoms with Gasteiger partial charge in [0.1, 0.15) is 23.4 Å². The lowest BCUT2D eigenvalue weighted by Gasteiger charge is -2.29. The van der Waals surface area contributed by atoms with E-state index in [9.17, 15) is 4.39 Å². The third-order valence-electron chi connectivity index (χ3n) is 4.81. The van der Waals surface area contributed by atoms with Crippen LogP contribution in [-0.2, 0) is 0 Å². The van der Waals surface area contributed by atoms with Crippen molar-refractivity contribution in [2.45, 2.75) is 32.0 Å². The van der Waals surface area contributed by atoms with Crippen LogP contribution in [0.4, 0.5) is 4.39 Å². The van der Waals surface area contributed by atoms with Crippen LogP contribution in [0.3, 0.4) is 0 Å². The third kappa shape index (κ3) is 3.44. The summed E-state index contributed by atoms with van der Waals surface area (Å²) in [6.07, 6.45) is 1.76. The molecule has 0 amide bonds. The average molecular weight is 460 g/mol. The van der Waals surface area contributed by atoms with E-state index in [1.807, 2.05) is 24.3 Å². The molecule has 1 N–H and O–H groups in total. The fraction of sp³-hybridized carbons (Fsp3) is 0.238. The highest BCUT2D eigenvalue weighted by Gasteiger charge is 2.42. The smallest absolute Gasteiger partial charge is 0.170 e. The highest BCUT2D eigenvalue weighted by molar-refractivity contribution is 9.10. The Kier molecular flexibility index (Phi) is 5.21. The molecule has 0 saturated carbocycles. The first-order chi connectivity index (χ1) is 13.5. The van der Waals surface area contributed by atoms with Crippen LogP contribution in [0.15, 0.2) is 63.6 Å². The zero-order chi connectivity index (χ0) is 19.8. The molecule has 4 nitrogen and oxygen atoms in total. The molecule has 1 aliphatic rings. The van der Waals surface area contributed by atoms with Gasteiger partial charge in [0.05, 0.1) is 17.3 Å². The Morgan fingerprint density at radius 1 is 1.21 bits per heavy atom. The van der Waals surface area contributed by atoms with Gasteiger partial charge in [-0.25, -0.2) is 4.39 Å². The second kappa shape index (κ2) is 7.64. The summed E-state index contributed by atoms with van der Waals surface area (Å²) < 4.78 is 21.2. The van der Waals surface area contributed by atoms with Gasteiger partial charge < -0.3 is 14.6 Å². The molecule has 1 aromatic carbocycles. The highest BCUT2D eigenvalue weighted by atomic mass is 79.9. The predicted molar refractivity (Wildman–Crippen MR) is 114 cm³/mol. The van der Waals surface area contributed by atoms with Gasteiger partial charge in [-0.05, 0) is 68.5 Å². The summed E-state index contributed by atoms with van der Waals surface area (Å²) in [6.45, 7) is 4.17. The number of benzene rings is 1. The van der Waals surface area contributed by atoms with E-state index in [1.165, 1.54) is 6.07 Å². The fourth-order valence-corrected chi connectivity index (χ4v) is 4.36. The highest BCUT2D eigenvalue weighted by Crippen LogP contribution is 2.41. The van der Waals surface area contributed by atoms with E-state index < -0.39 is 0 Å². The Morgan fingerprint density at radius 2 is 2.04 bits per heavy atom. The molecule has 0 aliphatic carbocycles. The summed E-state index contributed by atoms with van der Waals surface area (Å²) in [5.41, 5.74) is 1.30. The summed E-state index contributed by atoms with van der Waals surface area (Å²) in [6, 6.07) is 14.3. The number of furan rings is 1. The summed E-state index contributed by atoms with van der Waals surface area (Å²) in [5.74, 6) is 0.868. The second-order valence-electron chi connectivity index (χ2n) is 6.95. The molecule has 4 rings (SSSR count). The predicted octanol–water partition coefficient (Wildman–Crippen LogP) is 5.62. The molecule has 2 aromatic heterocycles. The first-order valence-corrected chi connectivity index (χ1v) is 10.2. The minimum atomic E-state index is -0.336. The Labute approximate surface area is 176 Å². The number of halogens is 2. The van der Waals surface area contributed by atoms with Crippen molar-refractivity contribution in [1.29, 1.82) is 0 Å². The van der Waals surface area contributed by atoms with Crippen LogP contribution < -0.4 is 5.32 Å². The van der Waals surface area contributed by atoms with E-state index in [0.29, 0.717) is 26.7 Å². The summed E-state index contributed by atoms with van der Waals surface area (Å²) >= 11 is 8.87. The largest absolute Gasteiger partial charge is 0.459 e. The molecule has 3 heterocycles. The average Bonchev–Trinajstić information content (AvgIpc) is 3.26. The van der Waals surface area contributed by atoms with Gasteiger partial charge in [0, 0.05) is 16.7 Å². The molecular formula is C21H19BrFN3OS. The van der Waals surface area contributed by atoms with Crippen LogP contribution in [0, 0.1) is 5.82 Å². The first kappa shape index (κ1) is 19.1. The van der Waals surface area contributed by atoms with Gasteiger partial charge in [-0.2, -0.15) is 0 Å². The van der Waals surface area contributed by atoms with Crippen molar-refractivity contribution in [3.05, 3.63) is 76.5 Å². The van der Waals surface area contributed by atoms with Crippen LogP contribution in [0.5, 0.6) is 0 Å². The molecule has 1 saturated heterocycles. The molecule has 2 unspecified atom stereocenters. The van der Waals surface area contributed by atoms with E-state index in [4.69, 9.17) is 16.6 Å². The van der Waals surface area contributed by atoms with Gasteiger partial charge in [-0.1, -0.05) is 22.0 Å². The van der Waals surface area contributed by atoms with Crippen molar-refractivity contribution in [1.82, 2.24) is 15.2 Å². The Balaban J connectivity index is 1.76. The van der Waals surface area contributed by atoms with Crippen LogP contribution in [0.25, 0.3) is 11.3 Å². The fourth-order valence-electron chi connectivity index (χ4n) is 3.57. The lowest BCUT2D eigenvalue weighted by molar-refractivity contribution is 0.237. The molecule has 2 atom stereocenters. The van der Waals surface area contributed by atoms with Gasteiger partial charge in [-0.3, -0.25) is 4.98 Å². The normalized spacial score (nSPS) is 19.3. The van der Waals surface area contributed by atoms with Crippen molar-refractivity contribution >= 4 is 33.3 Å². The minimum Gasteiger partial charge on any atom is -0.459 e. The molecule has 144 valence electrons. The number of nitrogens with zero attached hydrogens (tertiary/aromatic N) is 2. The lowest BCUT2D eigenvalue weighted by Crippen LogP contribution is -2.35. The van der Waals surface area contributed by atoms with Gasteiger partial charge in [0.25, 0.3) is 0 Å². The standard InChI is InChI=1S/C21H19BrFN3OS/c1-12(2)26-20(19(25-21(26)28)16-5-3-4-10-24-16)18-9-8-17(27-18)14-7-6-13(22)11-15(14)23/h3-12,19-20H,1-2H3,(H,25,28). The number of thiocarbonyl (C=S) groups is 1. The SMILES string of the molecule is CC(C)N1C(=S)NC(c2ccccn2)C1c1ccc(-c2ccc(Br)cc2F)o1. The summed E-state index contributed by atoms with van der Waals surface area (Å²) in [7, 11) is 0. The topological polar surface area (TPSA) is 41.3 Å². The second-order valence-corrected chi connectivity index (χ2v) is 8.26. The number of aromatic nitrogens is 1. The van der Waals surface area contributed by atoms with Gasteiger partial charge in [0.15, 0.2) is 5.11 Å². The maximum Gasteiger partial charge on any atom is 0.170 e. The molecule has 0 spiro atoms. The van der Waals surface area contributed by atoms with E-state index in [0.717, 1.165) is 5.69 Å². The molecule has 0 radical (unpaired) electrons. The molecular weight excluding hydrogens is 441 g/mol. The van der Waals surface area contributed by atoms with Crippen LogP contribution >= 0.6 is 28.1 Å². The van der Waals surface area contributed by atoms with Gasteiger partial charge in [-0.15, -0.1) is 0 Å². The van der Waals surface area contributed by atoms with Crippen molar-refractivity contribution < 1.29 is 8.81 Å². The van der Waals surface area contributed by atoms with Crippen molar-refractivity contribution in [3.8, 4) is 11.3 Å². The van der Waals surface area contributed by atoms with Gasteiger partial charge >= 0.3 is 0 Å². The quantitative estimate of drug-likeness (QED) is 0.512. The first-order valence-electron chi connectivity index (χ1n) is 9.00. The molecule has 3 aromatic rings. The maximum absolute atomic E-state index is 14.4. The number of hydrogen-bond donors (Lipinski definition) is 1. The Morgan fingerprint density at radius 3 is 2.71 bits per heavy atom. The molecule has 1 aliphatic heterocycles. The van der Waals surface area contributed by atoms with Crippen LogP contribution in [-0.4, -0.2) is 21.0 Å². The summed E-state index contributed by atoms with van der Waals surface area (Å²) in [4.78, 5) is 6.60. The molecule has 1 fully saturated rings. The number of nitrogens with one attached hydrogen (secondary N) is 1. The van der Waals surface area contributed by atoms with Crippen molar-refractivity contribution in [3.63, 3.8) is 0 Å². The van der Waals surface area contributed by atoms with Crippen LogP contribution in [0.2, 0.25) is 0 Å². The van der Waals surface area contributed by atoms with E-state index in [1.54, 1.807) is 24.4 Å². The number of pyridine rings is 1. The van der Waals surface area contributed by atoms with E-state index in [2.05, 4.69) is 45.0 Å². The number of rotatable bonds is 4. The third-order valence-corrected chi connectivity index (χ3v) is 5.63. The molecule has 0 bridgehead atoms. The lowest BCUT2D eigenvalue weighted by atomic mass is 10.0. The maximum atomic E-state index is 14.4. The monoisotopic (exact) mass is 459 g/mol.